The van der Waals surface area contributed by atoms with Gasteiger partial charge < -0.3 is 5.32 Å². The lowest BCUT2D eigenvalue weighted by molar-refractivity contribution is -0.0125. The van der Waals surface area contributed by atoms with Gasteiger partial charge in [0.15, 0.2) is 0 Å². The molecule has 0 radical (unpaired) electrons. The number of hydrogen-bond donors (Lipinski definition) is 1. The zero-order valence-corrected chi connectivity index (χ0v) is 25.1. The molecule has 4 unspecified atom stereocenters. The van der Waals surface area contributed by atoms with Gasteiger partial charge in [0, 0.05) is 35.2 Å². The Morgan fingerprint density at radius 1 is 0.794 bits per heavy atom. The van der Waals surface area contributed by atoms with Gasteiger partial charge in [-0.05, 0) is 118 Å². The molecule has 3 heteroatoms. The van der Waals surface area contributed by atoms with Crippen LogP contribution in [0.25, 0.3) is 0 Å². The topological polar surface area (TPSA) is 18.5 Å². The fraction of sp³-hybridized carbons (Fsp3) is 1.00. The zero-order valence-electron chi connectivity index (χ0n) is 25.1. The molecule has 0 heterocycles. The summed E-state index contributed by atoms with van der Waals surface area (Å²) in [6.45, 7) is 28.0. The van der Waals surface area contributed by atoms with Gasteiger partial charge in [0.05, 0.1) is 0 Å². The van der Waals surface area contributed by atoms with Crippen molar-refractivity contribution in [1.82, 2.24) is 15.1 Å². The third-order valence-corrected chi connectivity index (χ3v) is 8.94. The highest BCUT2D eigenvalue weighted by molar-refractivity contribution is 4.96. The Balaban J connectivity index is 2.07. The van der Waals surface area contributed by atoms with Crippen LogP contribution >= 0.6 is 0 Å². The Morgan fingerprint density at radius 2 is 1.41 bits per heavy atom. The first-order valence-corrected chi connectivity index (χ1v) is 15.1. The monoisotopic (exact) mass is 478 g/mol. The van der Waals surface area contributed by atoms with E-state index in [1.807, 2.05) is 0 Å². The van der Waals surface area contributed by atoms with E-state index in [1.165, 1.54) is 90.3 Å². The Hall–Kier alpha value is -0.120. The lowest BCUT2D eigenvalue weighted by Gasteiger charge is -2.51. The van der Waals surface area contributed by atoms with Crippen LogP contribution in [0.5, 0.6) is 0 Å². The van der Waals surface area contributed by atoms with Crippen molar-refractivity contribution in [2.45, 2.75) is 169 Å². The molecular formula is C31H63N3. The molecule has 1 N–H and O–H groups in total. The van der Waals surface area contributed by atoms with Gasteiger partial charge >= 0.3 is 0 Å². The van der Waals surface area contributed by atoms with Crippen molar-refractivity contribution < 1.29 is 0 Å². The summed E-state index contributed by atoms with van der Waals surface area (Å²) in [4.78, 5) is 5.66. The molecule has 0 amide bonds. The fourth-order valence-electron chi connectivity index (χ4n) is 7.23. The molecule has 2 saturated carbocycles. The number of hydrogen-bond acceptors (Lipinski definition) is 3. The predicted octanol–water partition coefficient (Wildman–Crippen LogP) is 7.88. The molecule has 0 aliphatic heterocycles. The SMILES string of the molecule is CCCN(CCC)C(C)(C)CN(C1CCCC(CC(C)(C)NC2CCCCC2C)C1)C(C)(C)C. The summed E-state index contributed by atoms with van der Waals surface area (Å²) < 4.78 is 0. The van der Waals surface area contributed by atoms with Crippen LogP contribution in [0.2, 0.25) is 0 Å². The van der Waals surface area contributed by atoms with E-state index < -0.39 is 0 Å². The molecule has 0 aromatic heterocycles. The van der Waals surface area contributed by atoms with Crippen LogP contribution in [0.15, 0.2) is 0 Å². The molecule has 2 rings (SSSR count). The van der Waals surface area contributed by atoms with Gasteiger partial charge in [0.25, 0.3) is 0 Å². The maximum Gasteiger partial charge on any atom is 0.0280 e. The molecule has 0 aromatic carbocycles. The van der Waals surface area contributed by atoms with Crippen molar-refractivity contribution in [1.29, 1.82) is 0 Å². The highest BCUT2D eigenvalue weighted by atomic mass is 15.3. The van der Waals surface area contributed by atoms with Crippen molar-refractivity contribution in [3.05, 3.63) is 0 Å². The van der Waals surface area contributed by atoms with E-state index in [1.54, 1.807) is 0 Å². The number of rotatable bonds is 12. The van der Waals surface area contributed by atoms with Crippen LogP contribution in [0.1, 0.15) is 140 Å². The molecule has 2 aliphatic rings. The first-order chi connectivity index (χ1) is 15.8. The molecule has 0 spiro atoms. The number of nitrogens with one attached hydrogen (secondary N) is 1. The third-order valence-electron chi connectivity index (χ3n) is 8.94. The van der Waals surface area contributed by atoms with Crippen molar-refractivity contribution >= 4 is 0 Å². The Labute approximate surface area is 215 Å². The zero-order chi connectivity index (χ0) is 25.6. The van der Waals surface area contributed by atoms with Crippen LogP contribution in [0.4, 0.5) is 0 Å². The van der Waals surface area contributed by atoms with Crippen LogP contribution in [-0.2, 0) is 0 Å². The summed E-state index contributed by atoms with van der Waals surface area (Å²) in [6, 6.07) is 1.44. The van der Waals surface area contributed by atoms with Crippen LogP contribution in [0.3, 0.4) is 0 Å². The van der Waals surface area contributed by atoms with Gasteiger partial charge in [0.1, 0.15) is 0 Å². The molecule has 3 nitrogen and oxygen atoms in total. The van der Waals surface area contributed by atoms with Crippen molar-refractivity contribution in [2.75, 3.05) is 19.6 Å². The molecule has 0 bridgehead atoms. The Morgan fingerprint density at radius 3 is 1.97 bits per heavy atom. The average Bonchev–Trinajstić information content (AvgIpc) is 2.72. The van der Waals surface area contributed by atoms with Crippen LogP contribution < -0.4 is 5.32 Å². The maximum atomic E-state index is 4.13. The van der Waals surface area contributed by atoms with Gasteiger partial charge in [-0.1, -0.05) is 46.5 Å². The van der Waals surface area contributed by atoms with E-state index in [2.05, 4.69) is 84.4 Å². The smallest absolute Gasteiger partial charge is 0.0280 e. The normalized spacial score (nSPS) is 27.5. The first-order valence-electron chi connectivity index (χ1n) is 15.1. The van der Waals surface area contributed by atoms with E-state index in [0.717, 1.165) is 17.9 Å². The summed E-state index contributed by atoms with van der Waals surface area (Å²) in [5.41, 5.74) is 0.664. The molecule has 2 fully saturated rings. The molecule has 2 aliphatic carbocycles. The summed E-state index contributed by atoms with van der Waals surface area (Å²) in [5, 5.41) is 4.13. The minimum absolute atomic E-state index is 0.208. The second-order valence-electron chi connectivity index (χ2n) is 14.4. The Kier molecular flexibility index (Phi) is 11.4. The van der Waals surface area contributed by atoms with E-state index in [4.69, 9.17) is 0 Å². The molecule has 202 valence electrons. The minimum Gasteiger partial charge on any atom is -0.309 e. The molecule has 4 atom stereocenters. The Bertz CT molecular complexity index is 570. The van der Waals surface area contributed by atoms with Gasteiger partial charge in [-0.15, -0.1) is 0 Å². The van der Waals surface area contributed by atoms with E-state index in [0.29, 0.717) is 6.04 Å². The van der Waals surface area contributed by atoms with E-state index in [-0.39, 0.29) is 16.6 Å². The van der Waals surface area contributed by atoms with Crippen molar-refractivity contribution in [3.63, 3.8) is 0 Å². The van der Waals surface area contributed by atoms with Crippen LogP contribution in [-0.4, -0.2) is 58.1 Å². The van der Waals surface area contributed by atoms with Crippen molar-refractivity contribution in [2.24, 2.45) is 11.8 Å². The van der Waals surface area contributed by atoms with Gasteiger partial charge in [-0.25, -0.2) is 0 Å². The summed E-state index contributed by atoms with van der Waals surface area (Å²) in [7, 11) is 0. The average molecular weight is 478 g/mol. The lowest BCUT2D eigenvalue weighted by atomic mass is 9.76. The molecule has 0 saturated heterocycles. The van der Waals surface area contributed by atoms with Crippen LogP contribution in [0, 0.1) is 11.8 Å². The summed E-state index contributed by atoms with van der Waals surface area (Å²) in [5.74, 6) is 1.68. The first kappa shape index (κ1) is 30.1. The fourth-order valence-corrected chi connectivity index (χ4v) is 7.23. The van der Waals surface area contributed by atoms with E-state index in [9.17, 15) is 0 Å². The largest absolute Gasteiger partial charge is 0.309 e. The lowest BCUT2D eigenvalue weighted by Crippen LogP contribution is -2.59. The summed E-state index contributed by atoms with van der Waals surface area (Å²) >= 11 is 0. The minimum atomic E-state index is 0.208. The van der Waals surface area contributed by atoms with Gasteiger partial charge in [-0.3, -0.25) is 9.80 Å². The highest BCUT2D eigenvalue weighted by Gasteiger charge is 2.39. The third kappa shape index (κ3) is 9.07. The van der Waals surface area contributed by atoms with Gasteiger partial charge in [-0.2, -0.15) is 0 Å². The highest BCUT2D eigenvalue weighted by Crippen LogP contribution is 2.37. The standard InChI is InChI=1S/C31H63N3/c1-11-20-33(21-12-2)31(9,10)24-34(29(4,5)6)27-18-15-17-26(22-27)23-30(7,8)32-28-19-14-13-16-25(28)3/h25-28,32H,11-24H2,1-10H3. The quantitative estimate of drug-likeness (QED) is 0.308. The van der Waals surface area contributed by atoms with Gasteiger partial charge in [0.2, 0.25) is 0 Å². The predicted molar refractivity (Wildman–Crippen MR) is 152 cm³/mol. The van der Waals surface area contributed by atoms with E-state index >= 15 is 0 Å². The maximum absolute atomic E-state index is 4.13. The second-order valence-corrected chi connectivity index (χ2v) is 14.4. The molecule has 0 aromatic rings. The molecular weight excluding hydrogens is 414 g/mol. The number of nitrogens with zero attached hydrogens (tertiary/aromatic N) is 2. The van der Waals surface area contributed by atoms with Crippen molar-refractivity contribution in [3.8, 4) is 0 Å². The second kappa shape index (κ2) is 12.9. The molecule has 34 heavy (non-hydrogen) atoms. The summed E-state index contributed by atoms with van der Waals surface area (Å²) in [6.07, 6.45) is 15.0.